The Hall–Kier alpha value is -3.71. The summed E-state index contributed by atoms with van der Waals surface area (Å²) in [6.45, 7) is 3.02. The van der Waals surface area contributed by atoms with Gasteiger partial charge in [0, 0.05) is 23.1 Å². The number of primary amides is 1. The van der Waals surface area contributed by atoms with Crippen LogP contribution in [0.3, 0.4) is 0 Å². The molecule has 6 rings (SSSR count). The number of benzene rings is 2. The molecule has 7 nitrogen and oxygen atoms in total. The summed E-state index contributed by atoms with van der Waals surface area (Å²) in [4.78, 5) is 20.0. The molecule has 0 saturated carbocycles. The van der Waals surface area contributed by atoms with Crippen LogP contribution in [-0.4, -0.2) is 52.3 Å². The molecule has 1 atom stereocenters. The Morgan fingerprint density at radius 1 is 1.00 bits per heavy atom. The summed E-state index contributed by atoms with van der Waals surface area (Å²) in [5, 5.41) is 9.48. The van der Waals surface area contributed by atoms with Gasteiger partial charge in [0.2, 0.25) is 0 Å². The van der Waals surface area contributed by atoms with Crippen LogP contribution in [0, 0.1) is 5.92 Å². The number of amides is 1. The standard InChI is InChI=1S/C28H30N6O/c1-33-15-12-20(13-16-33)24-11-14-30-28-25(27(29)35)26(32-34(24)28)21-8-7-19-9-10-22(31-23(19)17-21)18-5-3-2-4-6-18/h2-10,17,20,24,30H,11-16H2,1H3,(H2,29,35)/t24-/m0/s1. The molecule has 1 amide bonds. The zero-order valence-electron chi connectivity index (χ0n) is 19.9. The molecule has 35 heavy (non-hydrogen) atoms. The van der Waals surface area contributed by atoms with Gasteiger partial charge in [-0.15, -0.1) is 0 Å². The summed E-state index contributed by atoms with van der Waals surface area (Å²) in [5.74, 6) is 0.852. The van der Waals surface area contributed by atoms with Gasteiger partial charge in [-0.3, -0.25) is 4.79 Å². The van der Waals surface area contributed by atoms with Crippen molar-refractivity contribution in [1.29, 1.82) is 0 Å². The Labute approximate surface area is 205 Å². The minimum absolute atomic E-state index is 0.273. The molecule has 7 heteroatoms. The smallest absolute Gasteiger partial charge is 0.254 e. The first-order chi connectivity index (χ1) is 17.1. The summed E-state index contributed by atoms with van der Waals surface area (Å²) in [6.07, 6.45) is 3.29. The Kier molecular flexibility index (Phi) is 5.49. The molecule has 0 bridgehead atoms. The van der Waals surface area contributed by atoms with E-state index in [-0.39, 0.29) is 6.04 Å². The van der Waals surface area contributed by atoms with E-state index in [4.69, 9.17) is 15.8 Å². The largest absolute Gasteiger partial charge is 0.370 e. The third-order valence-corrected chi connectivity index (χ3v) is 7.55. The number of piperidine rings is 1. The molecule has 2 aliphatic rings. The minimum Gasteiger partial charge on any atom is -0.370 e. The highest BCUT2D eigenvalue weighted by Gasteiger charge is 2.34. The third-order valence-electron chi connectivity index (χ3n) is 7.55. The van der Waals surface area contributed by atoms with Gasteiger partial charge < -0.3 is 16.0 Å². The number of hydrogen-bond acceptors (Lipinski definition) is 5. The van der Waals surface area contributed by atoms with Gasteiger partial charge >= 0.3 is 0 Å². The van der Waals surface area contributed by atoms with Crippen LogP contribution in [0.25, 0.3) is 33.4 Å². The van der Waals surface area contributed by atoms with E-state index in [0.717, 1.165) is 72.4 Å². The second-order valence-corrected chi connectivity index (χ2v) is 9.77. The van der Waals surface area contributed by atoms with Crippen LogP contribution in [0.2, 0.25) is 0 Å². The summed E-state index contributed by atoms with van der Waals surface area (Å²) >= 11 is 0. The highest BCUT2D eigenvalue weighted by Crippen LogP contribution is 2.40. The van der Waals surface area contributed by atoms with E-state index in [1.54, 1.807) is 0 Å². The number of fused-ring (bicyclic) bond motifs is 2. The summed E-state index contributed by atoms with van der Waals surface area (Å²) in [5.41, 5.74) is 10.7. The number of carbonyl (C=O) groups is 1. The number of rotatable bonds is 4. The zero-order chi connectivity index (χ0) is 23.9. The van der Waals surface area contributed by atoms with Crippen LogP contribution in [-0.2, 0) is 0 Å². The topological polar surface area (TPSA) is 89.1 Å². The maximum absolute atomic E-state index is 12.7. The van der Waals surface area contributed by atoms with Crippen LogP contribution in [0.5, 0.6) is 0 Å². The van der Waals surface area contributed by atoms with E-state index >= 15 is 0 Å². The van der Waals surface area contributed by atoms with Crippen molar-refractivity contribution < 1.29 is 4.79 Å². The molecule has 178 valence electrons. The molecule has 2 aromatic carbocycles. The van der Waals surface area contributed by atoms with Gasteiger partial charge in [0.1, 0.15) is 17.1 Å². The van der Waals surface area contributed by atoms with E-state index in [0.29, 0.717) is 17.2 Å². The fourth-order valence-electron chi connectivity index (χ4n) is 5.62. The number of nitrogens with two attached hydrogens (primary N) is 1. The Morgan fingerprint density at radius 3 is 2.54 bits per heavy atom. The van der Waals surface area contributed by atoms with E-state index in [9.17, 15) is 4.79 Å². The molecule has 1 saturated heterocycles. The molecule has 1 fully saturated rings. The minimum atomic E-state index is -0.455. The van der Waals surface area contributed by atoms with Crippen molar-refractivity contribution in [2.75, 3.05) is 32.0 Å². The van der Waals surface area contributed by atoms with E-state index in [1.165, 1.54) is 0 Å². The molecule has 2 aromatic heterocycles. The average molecular weight is 467 g/mol. The maximum atomic E-state index is 12.7. The van der Waals surface area contributed by atoms with Gasteiger partial charge in [0.05, 0.1) is 17.3 Å². The summed E-state index contributed by atoms with van der Waals surface area (Å²) < 4.78 is 2.05. The fourth-order valence-corrected chi connectivity index (χ4v) is 5.62. The highest BCUT2D eigenvalue weighted by atomic mass is 16.1. The zero-order valence-corrected chi connectivity index (χ0v) is 19.9. The van der Waals surface area contributed by atoms with Crippen LogP contribution in [0.15, 0.2) is 60.7 Å². The molecule has 0 unspecified atom stereocenters. The van der Waals surface area contributed by atoms with Gasteiger partial charge in [0.25, 0.3) is 5.91 Å². The molecule has 0 spiro atoms. The summed E-state index contributed by atoms with van der Waals surface area (Å²) in [7, 11) is 2.18. The number of carbonyl (C=O) groups excluding carboxylic acids is 1. The van der Waals surface area contributed by atoms with Crippen LogP contribution in [0.1, 0.15) is 35.7 Å². The maximum Gasteiger partial charge on any atom is 0.254 e. The quantitative estimate of drug-likeness (QED) is 0.460. The third kappa shape index (κ3) is 3.96. The molecule has 0 aliphatic carbocycles. The first kappa shape index (κ1) is 21.8. The van der Waals surface area contributed by atoms with Gasteiger partial charge in [-0.05, 0) is 57.5 Å². The van der Waals surface area contributed by atoms with Crippen molar-refractivity contribution in [3.8, 4) is 22.5 Å². The average Bonchev–Trinajstić information content (AvgIpc) is 3.29. The number of anilines is 1. The fraction of sp³-hybridized carbons (Fsp3) is 0.321. The van der Waals surface area contributed by atoms with E-state index in [2.05, 4.69) is 35.5 Å². The second-order valence-electron chi connectivity index (χ2n) is 9.77. The van der Waals surface area contributed by atoms with E-state index < -0.39 is 5.91 Å². The van der Waals surface area contributed by atoms with Crippen molar-refractivity contribution in [3.63, 3.8) is 0 Å². The SMILES string of the molecule is CN1CCC([C@@H]2CCNc3c(C(N)=O)c(-c4ccc5ccc(-c6ccccc6)nc5c4)nn32)CC1. The number of pyridine rings is 1. The van der Waals surface area contributed by atoms with Gasteiger partial charge in [-0.25, -0.2) is 9.67 Å². The first-order valence-electron chi connectivity index (χ1n) is 12.4. The number of aromatic nitrogens is 3. The summed E-state index contributed by atoms with van der Waals surface area (Å²) in [6, 6.07) is 20.6. The van der Waals surface area contributed by atoms with Crippen molar-refractivity contribution in [2.24, 2.45) is 11.7 Å². The normalized spacial score (nSPS) is 18.8. The number of nitrogens with zero attached hydrogens (tertiary/aromatic N) is 4. The predicted octanol–water partition coefficient (Wildman–Crippen LogP) is 4.56. The van der Waals surface area contributed by atoms with Crippen LogP contribution < -0.4 is 11.1 Å². The highest BCUT2D eigenvalue weighted by molar-refractivity contribution is 6.04. The lowest BCUT2D eigenvalue weighted by molar-refractivity contribution is 0.100. The molecule has 3 N–H and O–H groups in total. The lowest BCUT2D eigenvalue weighted by Crippen LogP contribution is -2.37. The number of likely N-dealkylation sites (tertiary alicyclic amines) is 1. The van der Waals surface area contributed by atoms with Gasteiger partial charge in [0.15, 0.2) is 0 Å². The molecular weight excluding hydrogens is 436 g/mol. The Balaban J connectivity index is 1.43. The van der Waals surface area contributed by atoms with Crippen LogP contribution >= 0.6 is 0 Å². The number of nitrogens with one attached hydrogen (secondary N) is 1. The molecule has 4 heterocycles. The monoisotopic (exact) mass is 466 g/mol. The predicted molar refractivity (Wildman–Crippen MR) is 139 cm³/mol. The molecule has 2 aliphatic heterocycles. The van der Waals surface area contributed by atoms with Gasteiger partial charge in [-0.1, -0.05) is 48.5 Å². The van der Waals surface area contributed by atoms with E-state index in [1.807, 2.05) is 47.1 Å². The van der Waals surface area contributed by atoms with Crippen molar-refractivity contribution in [3.05, 3.63) is 66.2 Å². The lowest BCUT2D eigenvalue weighted by atomic mass is 9.87. The molecule has 0 radical (unpaired) electrons. The first-order valence-corrected chi connectivity index (χ1v) is 12.4. The molecule has 4 aromatic rings. The van der Waals surface area contributed by atoms with Crippen molar-refractivity contribution in [1.82, 2.24) is 19.7 Å². The molecular formula is C28H30N6O. The van der Waals surface area contributed by atoms with Crippen molar-refractivity contribution >= 4 is 22.6 Å². The lowest BCUT2D eigenvalue weighted by Gasteiger charge is -2.37. The van der Waals surface area contributed by atoms with Gasteiger partial charge in [-0.2, -0.15) is 5.10 Å². The Morgan fingerprint density at radius 2 is 1.77 bits per heavy atom. The number of hydrogen-bond donors (Lipinski definition) is 2. The Bertz CT molecular complexity index is 1390. The van der Waals surface area contributed by atoms with Crippen molar-refractivity contribution in [2.45, 2.75) is 25.3 Å². The van der Waals surface area contributed by atoms with Crippen LogP contribution in [0.4, 0.5) is 5.82 Å². The second kappa shape index (κ2) is 8.82.